The zero-order valence-corrected chi connectivity index (χ0v) is 11.5. The summed E-state index contributed by atoms with van der Waals surface area (Å²) in [5.74, 6) is -0.204. The lowest BCUT2D eigenvalue weighted by molar-refractivity contribution is -0.132. The predicted molar refractivity (Wildman–Crippen MR) is 73.0 cm³/mol. The number of ether oxygens (including phenoxy) is 1. The molecule has 20 heavy (non-hydrogen) atoms. The van der Waals surface area contributed by atoms with E-state index < -0.39 is 5.54 Å². The van der Waals surface area contributed by atoms with Crippen molar-refractivity contribution in [2.45, 2.75) is 31.4 Å². The molecule has 0 aliphatic carbocycles. The Morgan fingerprint density at radius 1 is 1.35 bits per heavy atom. The minimum Gasteiger partial charge on any atom is -0.376 e. The number of hydrogen-bond donors (Lipinski definition) is 1. The van der Waals surface area contributed by atoms with Gasteiger partial charge in [-0.1, -0.05) is 30.3 Å². The van der Waals surface area contributed by atoms with Crippen molar-refractivity contribution >= 4 is 11.9 Å². The molecule has 0 spiro atoms. The van der Waals surface area contributed by atoms with Gasteiger partial charge in [-0.3, -0.25) is 9.69 Å². The summed E-state index contributed by atoms with van der Waals surface area (Å²) in [7, 11) is 0. The third kappa shape index (κ3) is 2.08. The summed E-state index contributed by atoms with van der Waals surface area (Å²) in [6.07, 6.45) is 1.87. The van der Waals surface area contributed by atoms with Crippen molar-refractivity contribution in [3.05, 3.63) is 35.9 Å². The zero-order valence-electron chi connectivity index (χ0n) is 11.5. The smallest absolute Gasteiger partial charge is 0.325 e. The van der Waals surface area contributed by atoms with Crippen LogP contribution in [0.3, 0.4) is 0 Å². The molecular weight excluding hydrogens is 256 g/mol. The molecule has 2 aliphatic heterocycles. The Labute approximate surface area is 117 Å². The van der Waals surface area contributed by atoms with Crippen LogP contribution in [0.15, 0.2) is 30.3 Å². The number of urea groups is 1. The molecule has 3 amide bonds. The molecule has 1 N–H and O–H groups in total. The maximum Gasteiger partial charge on any atom is 0.325 e. The van der Waals surface area contributed by atoms with E-state index in [0.29, 0.717) is 13.2 Å². The van der Waals surface area contributed by atoms with Gasteiger partial charge in [-0.2, -0.15) is 0 Å². The molecule has 2 heterocycles. The summed E-state index contributed by atoms with van der Waals surface area (Å²) in [5.41, 5.74) is -0.176. The molecule has 2 fully saturated rings. The van der Waals surface area contributed by atoms with Gasteiger partial charge in [-0.25, -0.2) is 4.79 Å². The van der Waals surface area contributed by atoms with Crippen molar-refractivity contribution in [1.82, 2.24) is 10.2 Å². The van der Waals surface area contributed by atoms with Gasteiger partial charge < -0.3 is 10.1 Å². The molecule has 106 valence electrons. The van der Waals surface area contributed by atoms with Crippen molar-refractivity contribution in [1.29, 1.82) is 0 Å². The minimum absolute atomic E-state index is 0.0252. The number of imide groups is 1. The molecule has 1 aromatic carbocycles. The van der Waals surface area contributed by atoms with Gasteiger partial charge >= 0.3 is 6.03 Å². The molecule has 2 saturated heterocycles. The van der Waals surface area contributed by atoms with Gasteiger partial charge in [0.25, 0.3) is 5.91 Å². The average Bonchev–Trinajstić information content (AvgIpc) is 3.04. The van der Waals surface area contributed by atoms with E-state index in [1.807, 2.05) is 30.3 Å². The fourth-order valence-electron chi connectivity index (χ4n) is 2.82. The number of carbonyl (C=O) groups excluding carboxylic acids is 2. The van der Waals surface area contributed by atoms with Crippen molar-refractivity contribution in [3.8, 4) is 0 Å². The largest absolute Gasteiger partial charge is 0.376 e. The molecule has 5 nitrogen and oxygen atoms in total. The van der Waals surface area contributed by atoms with Crippen molar-refractivity contribution < 1.29 is 14.3 Å². The van der Waals surface area contributed by atoms with E-state index in [2.05, 4.69) is 5.32 Å². The molecule has 0 bridgehead atoms. The van der Waals surface area contributed by atoms with Crippen LogP contribution >= 0.6 is 0 Å². The highest BCUT2D eigenvalue weighted by Gasteiger charge is 2.49. The molecule has 2 atom stereocenters. The lowest BCUT2D eigenvalue weighted by Gasteiger charge is -2.23. The summed E-state index contributed by atoms with van der Waals surface area (Å²) < 4.78 is 5.51. The van der Waals surface area contributed by atoms with Gasteiger partial charge in [0, 0.05) is 6.61 Å². The van der Waals surface area contributed by atoms with E-state index >= 15 is 0 Å². The number of nitrogens with zero attached hydrogens (tertiary/aromatic N) is 1. The SMILES string of the molecule is C[C@]1(c2ccccc2)NC(=O)N(C[C@H]2CCCO2)C1=O. The second-order valence-electron chi connectivity index (χ2n) is 5.47. The number of rotatable bonds is 3. The van der Waals surface area contributed by atoms with Crippen molar-refractivity contribution in [2.75, 3.05) is 13.2 Å². The van der Waals surface area contributed by atoms with Crippen LogP contribution in [0, 0.1) is 0 Å². The summed E-state index contributed by atoms with van der Waals surface area (Å²) in [5, 5.41) is 2.80. The Morgan fingerprint density at radius 2 is 2.10 bits per heavy atom. The summed E-state index contributed by atoms with van der Waals surface area (Å²) >= 11 is 0. The van der Waals surface area contributed by atoms with Crippen LogP contribution in [-0.2, 0) is 15.1 Å². The monoisotopic (exact) mass is 274 g/mol. The molecule has 0 aromatic heterocycles. The van der Waals surface area contributed by atoms with E-state index in [1.54, 1.807) is 6.92 Å². The molecule has 0 unspecified atom stereocenters. The normalized spacial score (nSPS) is 29.9. The molecule has 0 saturated carbocycles. The number of carbonyl (C=O) groups is 2. The quantitative estimate of drug-likeness (QED) is 0.852. The molecular formula is C15H18N2O3. The summed E-state index contributed by atoms with van der Waals surface area (Å²) in [6, 6.07) is 8.99. The van der Waals surface area contributed by atoms with Crippen LogP contribution in [0.25, 0.3) is 0 Å². The van der Waals surface area contributed by atoms with Gasteiger partial charge in [-0.05, 0) is 25.3 Å². The standard InChI is InChI=1S/C15H18N2O3/c1-15(11-6-3-2-4-7-11)13(18)17(14(19)16-15)10-12-8-5-9-20-12/h2-4,6-7,12H,5,8-10H2,1H3,(H,16,19)/t12-,15-/m1/s1. The Morgan fingerprint density at radius 3 is 2.75 bits per heavy atom. The van der Waals surface area contributed by atoms with Gasteiger partial charge in [0.05, 0.1) is 12.6 Å². The molecule has 2 aliphatic rings. The highest BCUT2D eigenvalue weighted by atomic mass is 16.5. The Kier molecular flexibility index (Phi) is 3.22. The number of nitrogens with one attached hydrogen (secondary N) is 1. The van der Waals surface area contributed by atoms with Crippen LogP contribution in [-0.4, -0.2) is 36.1 Å². The lowest BCUT2D eigenvalue weighted by Crippen LogP contribution is -2.41. The molecule has 0 radical (unpaired) electrons. The van der Waals surface area contributed by atoms with Crippen LogP contribution in [0.4, 0.5) is 4.79 Å². The zero-order chi connectivity index (χ0) is 14.2. The predicted octanol–water partition coefficient (Wildman–Crippen LogP) is 1.63. The number of hydrogen-bond acceptors (Lipinski definition) is 3. The second kappa shape index (κ2) is 4.90. The van der Waals surface area contributed by atoms with Gasteiger partial charge in [-0.15, -0.1) is 0 Å². The minimum atomic E-state index is -0.975. The lowest BCUT2D eigenvalue weighted by atomic mass is 9.92. The third-order valence-electron chi connectivity index (χ3n) is 4.04. The maximum atomic E-state index is 12.6. The fraction of sp³-hybridized carbons (Fsp3) is 0.467. The fourth-order valence-corrected chi connectivity index (χ4v) is 2.82. The van der Waals surface area contributed by atoms with Crippen LogP contribution in [0.1, 0.15) is 25.3 Å². The van der Waals surface area contributed by atoms with E-state index in [-0.39, 0.29) is 18.0 Å². The third-order valence-corrected chi connectivity index (χ3v) is 4.04. The van der Waals surface area contributed by atoms with Crippen LogP contribution in [0.5, 0.6) is 0 Å². The topological polar surface area (TPSA) is 58.6 Å². The highest BCUT2D eigenvalue weighted by Crippen LogP contribution is 2.29. The van der Waals surface area contributed by atoms with Gasteiger partial charge in [0.15, 0.2) is 0 Å². The molecule has 3 rings (SSSR count). The maximum absolute atomic E-state index is 12.6. The van der Waals surface area contributed by atoms with E-state index in [0.717, 1.165) is 18.4 Å². The van der Waals surface area contributed by atoms with Gasteiger partial charge in [0.2, 0.25) is 0 Å². The first-order chi connectivity index (χ1) is 9.61. The Bertz CT molecular complexity index is 525. The van der Waals surface area contributed by atoms with Crippen LogP contribution in [0.2, 0.25) is 0 Å². The first-order valence-electron chi connectivity index (χ1n) is 6.92. The average molecular weight is 274 g/mol. The van der Waals surface area contributed by atoms with E-state index in [9.17, 15) is 9.59 Å². The van der Waals surface area contributed by atoms with Crippen LogP contribution < -0.4 is 5.32 Å². The first-order valence-corrected chi connectivity index (χ1v) is 6.92. The van der Waals surface area contributed by atoms with E-state index in [4.69, 9.17) is 4.74 Å². The number of benzene rings is 1. The summed E-state index contributed by atoms with van der Waals surface area (Å²) in [4.78, 5) is 26.0. The number of amides is 3. The summed E-state index contributed by atoms with van der Waals surface area (Å²) in [6.45, 7) is 2.80. The van der Waals surface area contributed by atoms with Crippen molar-refractivity contribution in [2.24, 2.45) is 0 Å². The second-order valence-corrected chi connectivity index (χ2v) is 5.47. The first kappa shape index (κ1) is 13.1. The highest BCUT2D eigenvalue weighted by molar-refractivity contribution is 6.07. The molecule has 5 heteroatoms. The Hall–Kier alpha value is -1.88. The van der Waals surface area contributed by atoms with E-state index in [1.165, 1.54) is 4.90 Å². The van der Waals surface area contributed by atoms with Crippen molar-refractivity contribution in [3.63, 3.8) is 0 Å². The van der Waals surface area contributed by atoms with Gasteiger partial charge in [0.1, 0.15) is 5.54 Å². The Balaban J connectivity index is 1.82. The molecule has 1 aromatic rings.